The second-order valence-electron chi connectivity index (χ2n) is 3.75. The van der Waals surface area contributed by atoms with Crippen molar-refractivity contribution in [1.29, 1.82) is 0 Å². The van der Waals surface area contributed by atoms with E-state index in [9.17, 15) is 13.9 Å². The Morgan fingerprint density at radius 1 is 1.22 bits per heavy atom. The molecule has 1 N–H and O–H groups in total. The second-order valence-corrected chi connectivity index (χ2v) is 3.75. The van der Waals surface area contributed by atoms with Crippen LogP contribution in [0, 0.1) is 11.6 Å². The molecule has 0 saturated heterocycles. The Labute approximate surface area is 103 Å². The van der Waals surface area contributed by atoms with Crippen molar-refractivity contribution in [3.8, 4) is 5.75 Å². The minimum Gasteiger partial charge on any atom is -0.468 e. The molecule has 0 radical (unpaired) electrons. The van der Waals surface area contributed by atoms with Crippen molar-refractivity contribution in [3.63, 3.8) is 0 Å². The van der Waals surface area contributed by atoms with Crippen LogP contribution < -0.4 is 4.74 Å². The molecule has 0 heterocycles. The Balaban J connectivity index is 2.60. The number of aliphatic hydroxyl groups is 1. The Morgan fingerprint density at radius 2 is 2.00 bits per heavy atom. The Hall–Kier alpha value is -1.72. The topological polar surface area (TPSA) is 38.7 Å². The van der Waals surface area contributed by atoms with Crippen molar-refractivity contribution in [2.45, 2.75) is 6.61 Å². The highest BCUT2D eigenvalue weighted by Crippen LogP contribution is 2.29. The molecule has 0 aliphatic rings. The standard InChI is InChI=1S/C13H12F2O3/c1-17-7-18-10-4-8-2-3-11(14)13(15)12(8)9(5-10)6-16/h2-5,16H,6-7H2,1H3. The lowest BCUT2D eigenvalue weighted by molar-refractivity contribution is 0.0511. The van der Waals surface area contributed by atoms with E-state index < -0.39 is 18.2 Å². The van der Waals surface area contributed by atoms with Gasteiger partial charge in [0.1, 0.15) is 5.75 Å². The Morgan fingerprint density at radius 3 is 2.67 bits per heavy atom. The highest BCUT2D eigenvalue weighted by molar-refractivity contribution is 5.87. The van der Waals surface area contributed by atoms with Gasteiger partial charge >= 0.3 is 0 Å². The van der Waals surface area contributed by atoms with E-state index >= 15 is 0 Å². The third-order valence-corrected chi connectivity index (χ3v) is 2.58. The molecule has 0 aromatic heterocycles. The second kappa shape index (κ2) is 5.29. The van der Waals surface area contributed by atoms with Crippen molar-refractivity contribution in [2.24, 2.45) is 0 Å². The number of hydrogen-bond acceptors (Lipinski definition) is 3. The van der Waals surface area contributed by atoms with Gasteiger partial charge in [-0.2, -0.15) is 0 Å². The average molecular weight is 254 g/mol. The lowest BCUT2D eigenvalue weighted by Gasteiger charge is -2.10. The van der Waals surface area contributed by atoms with Gasteiger partial charge in [0, 0.05) is 12.5 Å². The summed E-state index contributed by atoms with van der Waals surface area (Å²) in [5.41, 5.74) is 0.274. The number of methoxy groups -OCH3 is 1. The SMILES string of the molecule is COCOc1cc(CO)c2c(F)c(F)ccc2c1. The number of fused-ring (bicyclic) bond motifs is 1. The lowest BCUT2D eigenvalue weighted by atomic mass is 10.0. The van der Waals surface area contributed by atoms with Crippen LogP contribution in [-0.4, -0.2) is 19.0 Å². The van der Waals surface area contributed by atoms with Crippen LogP contribution in [0.25, 0.3) is 10.8 Å². The van der Waals surface area contributed by atoms with Gasteiger partial charge in [-0.15, -0.1) is 0 Å². The van der Waals surface area contributed by atoms with Crippen LogP contribution in [-0.2, 0) is 11.3 Å². The first-order chi connectivity index (χ1) is 8.67. The fraction of sp³-hybridized carbons (Fsp3) is 0.231. The van der Waals surface area contributed by atoms with Crippen molar-refractivity contribution in [2.75, 3.05) is 13.9 Å². The van der Waals surface area contributed by atoms with Gasteiger partial charge in [0.15, 0.2) is 18.4 Å². The molecule has 96 valence electrons. The summed E-state index contributed by atoms with van der Waals surface area (Å²) >= 11 is 0. The minimum atomic E-state index is -0.963. The third-order valence-electron chi connectivity index (χ3n) is 2.58. The van der Waals surface area contributed by atoms with E-state index in [0.29, 0.717) is 11.1 Å². The van der Waals surface area contributed by atoms with Gasteiger partial charge in [0.25, 0.3) is 0 Å². The zero-order chi connectivity index (χ0) is 13.1. The molecule has 0 spiro atoms. The van der Waals surface area contributed by atoms with Crippen molar-refractivity contribution < 1.29 is 23.4 Å². The number of rotatable bonds is 4. The molecular weight excluding hydrogens is 242 g/mol. The van der Waals surface area contributed by atoms with Crippen molar-refractivity contribution in [3.05, 3.63) is 41.5 Å². The van der Waals surface area contributed by atoms with Gasteiger partial charge in [0.2, 0.25) is 0 Å². The summed E-state index contributed by atoms with van der Waals surface area (Å²) < 4.78 is 36.8. The molecule has 2 aromatic carbocycles. The summed E-state index contributed by atoms with van der Waals surface area (Å²) in [7, 11) is 1.48. The first-order valence-electron chi connectivity index (χ1n) is 5.30. The van der Waals surface area contributed by atoms with E-state index in [4.69, 9.17) is 9.47 Å². The molecule has 0 aliphatic carbocycles. The molecule has 0 unspecified atom stereocenters. The smallest absolute Gasteiger partial charge is 0.188 e. The maximum absolute atomic E-state index is 13.7. The molecular formula is C13H12F2O3. The van der Waals surface area contributed by atoms with Crippen LogP contribution in [0.3, 0.4) is 0 Å². The maximum Gasteiger partial charge on any atom is 0.188 e. The van der Waals surface area contributed by atoms with Gasteiger partial charge in [-0.3, -0.25) is 0 Å². The summed E-state index contributed by atoms with van der Waals surface area (Å²) in [4.78, 5) is 0. The zero-order valence-corrected chi connectivity index (χ0v) is 9.74. The normalized spacial score (nSPS) is 10.9. The maximum atomic E-state index is 13.7. The quantitative estimate of drug-likeness (QED) is 0.852. The van der Waals surface area contributed by atoms with Crippen LogP contribution >= 0.6 is 0 Å². The predicted molar refractivity (Wildman–Crippen MR) is 62.3 cm³/mol. The largest absolute Gasteiger partial charge is 0.468 e. The molecule has 0 aliphatic heterocycles. The third kappa shape index (κ3) is 2.27. The Bertz CT molecular complexity index is 570. The molecule has 0 amide bonds. The van der Waals surface area contributed by atoms with E-state index in [-0.39, 0.29) is 17.7 Å². The number of halogens is 2. The molecule has 2 aromatic rings. The predicted octanol–water partition coefficient (Wildman–Crippen LogP) is 2.59. The van der Waals surface area contributed by atoms with Gasteiger partial charge < -0.3 is 14.6 Å². The first-order valence-corrected chi connectivity index (χ1v) is 5.30. The molecule has 3 nitrogen and oxygen atoms in total. The zero-order valence-electron chi connectivity index (χ0n) is 9.74. The van der Waals surface area contributed by atoms with Crippen LogP contribution in [0.15, 0.2) is 24.3 Å². The van der Waals surface area contributed by atoms with E-state index in [2.05, 4.69) is 0 Å². The molecule has 0 bridgehead atoms. The average Bonchev–Trinajstić information content (AvgIpc) is 2.39. The van der Waals surface area contributed by atoms with E-state index in [1.165, 1.54) is 19.2 Å². The number of ether oxygens (including phenoxy) is 2. The number of benzene rings is 2. The molecule has 18 heavy (non-hydrogen) atoms. The summed E-state index contributed by atoms with van der Waals surface area (Å²) in [5, 5.41) is 9.76. The van der Waals surface area contributed by atoms with Gasteiger partial charge in [-0.05, 0) is 29.1 Å². The van der Waals surface area contributed by atoms with E-state index in [0.717, 1.165) is 6.07 Å². The van der Waals surface area contributed by atoms with Crippen LogP contribution in [0.5, 0.6) is 5.75 Å². The summed E-state index contributed by atoms with van der Waals surface area (Å²) in [6.07, 6.45) is 0. The van der Waals surface area contributed by atoms with Gasteiger partial charge in [-0.1, -0.05) is 6.07 Å². The van der Waals surface area contributed by atoms with Gasteiger partial charge in [-0.25, -0.2) is 8.78 Å². The summed E-state index contributed by atoms with van der Waals surface area (Å²) in [5.74, 6) is -1.47. The van der Waals surface area contributed by atoms with E-state index in [1.807, 2.05) is 0 Å². The number of hydrogen-bond donors (Lipinski definition) is 1. The summed E-state index contributed by atoms with van der Waals surface area (Å²) in [6, 6.07) is 5.51. The monoisotopic (exact) mass is 254 g/mol. The minimum absolute atomic E-state index is 0.0417. The van der Waals surface area contributed by atoms with Crippen LogP contribution in [0.1, 0.15) is 5.56 Å². The molecule has 0 saturated carbocycles. The van der Waals surface area contributed by atoms with Crippen molar-refractivity contribution in [1.82, 2.24) is 0 Å². The van der Waals surface area contributed by atoms with Crippen molar-refractivity contribution >= 4 is 10.8 Å². The van der Waals surface area contributed by atoms with E-state index in [1.54, 1.807) is 6.07 Å². The molecule has 2 rings (SSSR count). The number of aliphatic hydroxyl groups excluding tert-OH is 1. The molecule has 0 fully saturated rings. The first kappa shape index (κ1) is 12.7. The fourth-order valence-corrected chi connectivity index (χ4v) is 1.79. The highest BCUT2D eigenvalue weighted by Gasteiger charge is 2.12. The molecule has 5 heteroatoms. The van der Waals surface area contributed by atoms with Gasteiger partial charge in [0.05, 0.1) is 6.61 Å². The Kier molecular flexibility index (Phi) is 3.74. The lowest BCUT2D eigenvalue weighted by Crippen LogP contribution is -2.00. The van der Waals surface area contributed by atoms with Crippen LogP contribution in [0.2, 0.25) is 0 Å². The summed E-state index contributed by atoms with van der Waals surface area (Å²) in [6.45, 7) is -0.360. The molecule has 0 atom stereocenters. The fourth-order valence-electron chi connectivity index (χ4n) is 1.79. The van der Waals surface area contributed by atoms with Crippen LogP contribution in [0.4, 0.5) is 8.78 Å². The highest BCUT2D eigenvalue weighted by atomic mass is 19.2.